The first-order valence-corrected chi connectivity index (χ1v) is 31.3. The number of halogens is 7. The lowest BCUT2D eigenvalue weighted by Gasteiger charge is -2.33. The van der Waals surface area contributed by atoms with Crippen LogP contribution in [0.25, 0.3) is 0 Å². The standard InChI is InChI=1S/C19H20ClF2N3OS.C13H12ClF2N3S.C9H21O6P3.C6H10O2.ClH/c20-12-5-6-13(21)16(17(12)22)11-7-15-14(24-19(27)25(15)9-11)8-23-18(26)10-3-1-2-4-10;14-7-1-2-8(15)11(12(7)16)6-3-10-9(4-17)18-13(20)19(10)5-6;1-4-7-16(10)13-17(11,8-5-2)15-18(12,14-16)9-6-3;7-6(8)5-3-1-2-4-5;/h5-6,10-11H,1-4,7-9H2,(H,23,26)(H,24,27);1-2,6H,3-5,17H2,(H,18,20);4-9H2,1-3H3;5H,1-4H2,(H,7,8);1H/t11-;6-;;;/m11.../s1. The second-order valence-corrected chi connectivity index (χ2v) is 27.3. The number of aromatic amines is 2. The van der Waals surface area contributed by atoms with Crippen molar-refractivity contribution in [3.63, 3.8) is 0 Å². The van der Waals surface area contributed by atoms with Crippen LogP contribution in [-0.4, -0.2) is 54.6 Å². The highest BCUT2D eigenvalue weighted by Crippen LogP contribution is 2.82. The van der Waals surface area contributed by atoms with E-state index in [1.165, 1.54) is 24.3 Å². The first-order chi connectivity index (χ1) is 34.6. The minimum atomic E-state index is -3.57. The molecule has 27 heteroatoms. The molecule has 0 spiro atoms. The Balaban J connectivity index is 0.000000193. The SMILES string of the molecule is CCCP1(=O)OP(=O)(CCC)OP(=O)(CCC)O1.Cl.NCc1[nH]c(=S)n2c1C[C@@H](c1c(F)ccc(Cl)c1F)C2.O=C(NCc1[nH]c(=S)n2c1C[C@@H](c1c(F)ccc(Cl)c1F)C2)C1CCCC1.O=C(O)C1CCCC1. The van der Waals surface area contributed by atoms with Crippen molar-refractivity contribution in [2.75, 3.05) is 18.5 Å². The maximum atomic E-state index is 14.4. The Hall–Kier alpha value is -2.64. The predicted octanol–water partition coefficient (Wildman–Crippen LogP) is 14.4. The molecule has 2 aromatic carbocycles. The van der Waals surface area contributed by atoms with Gasteiger partial charge in [-0.25, -0.2) is 30.5 Å². The number of nitrogens with two attached hydrogens (primary N) is 1. The summed E-state index contributed by atoms with van der Waals surface area (Å²) in [6.07, 6.45) is 11.0. The van der Waals surface area contributed by atoms with Gasteiger partial charge in [-0.1, -0.05) is 69.7 Å². The zero-order chi connectivity index (χ0) is 53.4. The van der Waals surface area contributed by atoms with Gasteiger partial charge in [0.2, 0.25) is 5.91 Å². The van der Waals surface area contributed by atoms with Crippen molar-refractivity contribution in [1.82, 2.24) is 24.4 Å². The van der Waals surface area contributed by atoms with Gasteiger partial charge < -0.3 is 35.3 Å². The first-order valence-electron chi connectivity index (χ1n) is 24.6. The maximum absolute atomic E-state index is 14.4. The van der Waals surface area contributed by atoms with E-state index in [1.54, 1.807) is 20.8 Å². The van der Waals surface area contributed by atoms with E-state index in [0.717, 1.165) is 74.1 Å². The second-order valence-electron chi connectivity index (χ2n) is 18.7. The fourth-order valence-corrected chi connectivity index (χ4v) is 20.2. The third-order valence-electron chi connectivity index (χ3n) is 13.3. The lowest BCUT2D eigenvalue weighted by molar-refractivity contribution is -0.141. The number of aliphatic carboxylic acids is 1. The maximum Gasteiger partial charge on any atom is 0.345 e. The van der Waals surface area contributed by atoms with Crippen molar-refractivity contribution in [1.29, 1.82) is 0 Å². The summed E-state index contributed by atoms with van der Waals surface area (Å²) in [7, 11) is -10.7. The number of aromatic nitrogens is 4. The number of hydrogen-bond acceptors (Lipinski definition) is 11. The molecule has 3 fully saturated rings. The number of H-pyrrole nitrogens is 2. The molecule has 1 amide bonds. The van der Waals surface area contributed by atoms with E-state index in [0.29, 0.717) is 67.8 Å². The molecule has 5 aliphatic rings. The van der Waals surface area contributed by atoms with Crippen LogP contribution in [0, 0.1) is 44.6 Å². The number of nitrogens with zero attached hydrogens (tertiary/aromatic N) is 2. The van der Waals surface area contributed by atoms with Crippen molar-refractivity contribution in [3.8, 4) is 0 Å². The molecule has 6 N–H and O–H groups in total. The number of carbonyl (C=O) groups excluding carboxylic acids is 1. The largest absolute Gasteiger partial charge is 0.481 e. The average molecular weight is 1200 g/mol. The number of rotatable bonds is 13. The molecule has 74 heavy (non-hydrogen) atoms. The molecule has 0 unspecified atom stereocenters. The van der Waals surface area contributed by atoms with Crippen molar-refractivity contribution in [3.05, 3.63) is 101 Å². The van der Waals surface area contributed by atoms with Crippen LogP contribution in [0.1, 0.15) is 137 Å². The highest BCUT2D eigenvalue weighted by molar-refractivity contribution is 7.80. The lowest BCUT2D eigenvalue weighted by Crippen LogP contribution is -2.29. The summed E-state index contributed by atoms with van der Waals surface area (Å²) >= 11 is 22.1. The van der Waals surface area contributed by atoms with Crippen LogP contribution in [0.3, 0.4) is 0 Å². The van der Waals surface area contributed by atoms with E-state index < -0.39 is 52.0 Å². The number of amides is 1. The summed E-state index contributed by atoms with van der Waals surface area (Å²) in [5.41, 5.74) is 9.10. The Morgan fingerprint density at radius 3 is 1.45 bits per heavy atom. The molecule has 9 rings (SSSR count). The molecule has 412 valence electrons. The van der Waals surface area contributed by atoms with Gasteiger partial charge >= 0.3 is 28.8 Å². The van der Waals surface area contributed by atoms with Crippen LogP contribution in [0.4, 0.5) is 17.6 Å². The summed E-state index contributed by atoms with van der Waals surface area (Å²) in [6, 6.07) is 4.83. The van der Waals surface area contributed by atoms with Gasteiger partial charge in [0.1, 0.15) is 23.3 Å². The monoisotopic (exact) mass is 1190 g/mol. The van der Waals surface area contributed by atoms with Gasteiger partial charge in [0.05, 0.1) is 52.4 Å². The predicted molar refractivity (Wildman–Crippen MR) is 285 cm³/mol. The van der Waals surface area contributed by atoms with Crippen LogP contribution in [0.2, 0.25) is 10.0 Å². The summed E-state index contributed by atoms with van der Waals surface area (Å²) in [6.45, 7) is 6.88. The molecular formula is C47H64Cl3F4N6O9P3S2. The summed E-state index contributed by atoms with van der Waals surface area (Å²) < 4.78 is 114. The number of benzene rings is 2. The topological polar surface area (TPSA) is 213 Å². The molecule has 5 heterocycles. The van der Waals surface area contributed by atoms with Crippen LogP contribution in [0.15, 0.2) is 24.3 Å². The molecule has 2 atom stereocenters. The molecule has 1 saturated heterocycles. The van der Waals surface area contributed by atoms with Gasteiger partial charge in [0.15, 0.2) is 9.54 Å². The molecule has 0 radical (unpaired) electrons. The van der Waals surface area contributed by atoms with E-state index in [-0.39, 0.29) is 81.6 Å². The zero-order valence-electron chi connectivity index (χ0n) is 41.3. The molecule has 3 aliphatic heterocycles. The molecule has 2 aliphatic carbocycles. The van der Waals surface area contributed by atoms with Crippen LogP contribution >= 0.6 is 82.8 Å². The normalized spacial score (nSPS) is 24.1. The minimum Gasteiger partial charge on any atom is -0.481 e. The summed E-state index contributed by atoms with van der Waals surface area (Å²) in [5, 5.41) is 11.2. The summed E-state index contributed by atoms with van der Waals surface area (Å²) in [4.78, 5) is 28.6. The molecule has 0 bridgehead atoms. The van der Waals surface area contributed by atoms with Crippen molar-refractivity contribution in [2.45, 2.75) is 142 Å². The molecule has 4 aromatic rings. The van der Waals surface area contributed by atoms with Gasteiger partial charge in [-0.05, 0) is 106 Å². The number of fused-ring (bicyclic) bond motifs is 2. The van der Waals surface area contributed by atoms with Gasteiger partial charge in [-0.15, -0.1) is 12.4 Å². The van der Waals surface area contributed by atoms with Crippen LogP contribution < -0.4 is 11.1 Å². The van der Waals surface area contributed by atoms with E-state index >= 15 is 0 Å². The minimum absolute atomic E-state index is 0. The zero-order valence-corrected chi connectivity index (χ0v) is 47.9. The Bertz CT molecular complexity index is 2840. The smallest absolute Gasteiger partial charge is 0.345 e. The fraction of sp³-hybridized carbons (Fsp3) is 0.574. The lowest BCUT2D eigenvalue weighted by atomic mass is 9.95. The number of carboxylic acid groups (broad SMARTS) is 1. The van der Waals surface area contributed by atoms with Crippen LogP contribution in [0.5, 0.6) is 0 Å². The van der Waals surface area contributed by atoms with Crippen molar-refractivity contribution >= 4 is 94.7 Å². The van der Waals surface area contributed by atoms with E-state index in [9.17, 15) is 40.8 Å². The number of hydrogen-bond donors (Lipinski definition) is 5. The molecule has 15 nitrogen and oxygen atoms in total. The third kappa shape index (κ3) is 15.1. The number of imidazole rings is 2. The highest BCUT2D eigenvalue weighted by Gasteiger charge is 2.51. The van der Waals surface area contributed by atoms with Gasteiger partial charge in [0, 0.05) is 59.9 Å². The van der Waals surface area contributed by atoms with E-state index in [1.807, 2.05) is 9.13 Å². The number of carbonyl (C=O) groups is 2. The quantitative estimate of drug-likeness (QED) is 0.0366. The third-order valence-corrected chi connectivity index (χ3v) is 23.5. The second kappa shape index (κ2) is 27.3. The van der Waals surface area contributed by atoms with Gasteiger partial charge in [-0.2, -0.15) is 0 Å². The number of nitrogens with one attached hydrogen (secondary N) is 3. The van der Waals surface area contributed by atoms with Crippen molar-refractivity contribution in [2.24, 2.45) is 17.6 Å². The Morgan fingerprint density at radius 2 is 1.08 bits per heavy atom. The highest BCUT2D eigenvalue weighted by atomic mass is 35.5. The van der Waals surface area contributed by atoms with Crippen LogP contribution in [-0.2, 0) is 75.2 Å². The van der Waals surface area contributed by atoms with E-state index in [2.05, 4.69) is 15.3 Å². The molecular weight excluding hydrogens is 1130 g/mol. The summed E-state index contributed by atoms with van der Waals surface area (Å²) in [5.74, 6) is -3.74. The van der Waals surface area contributed by atoms with Gasteiger partial charge in [-0.3, -0.25) is 23.3 Å². The Labute approximate surface area is 454 Å². The van der Waals surface area contributed by atoms with E-state index in [4.69, 9.17) is 71.4 Å². The Kier molecular flexibility index (Phi) is 22.9. The molecule has 2 saturated carbocycles. The Morgan fingerprint density at radius 1 is 0.703 bits per heavy atom. The molecule has 2 aromatic heterocycles. The fourth-order valence-electron chi connectivity index (χ4n) is 9.89. The van der Waals surface area contributed by atoms with Gasteiger partial charge in [0.25, 0.3) is 0 Å². The van der Waals surface area contributed by atoms with Crippen molar-refractivity contribution < 1.29 is 58.9 Å². The average Bonchev–Trinajstić information content (AvgIpc) is 4.19. The number of carboxylic acids is 1. The first kappa shape index (κ1) is 62.2.